The molecule has 6 heteroatoms. The maximum absolute atomic E-state index is 13.0. The summed E-state index contributed by atoms with van der Waals surface area (Å²) in [4.78, 5) is 25.8. The highest BCUT2D eigenvalue weighted by atomic mass is 16.6. The number of nitrogens with one attached hydrogen (secondary N) is 1. The van der Waals surface area contributed by atoms with Crippen molar-refractivity contribution in [3.63, 3.8) is 0 Å². The van der Waals surface area contributed by atoms with Crippen LogP contribution in [-0.4, -0.2) is 24.5 Å². The number of benzene rings is 2. The molecule has 1 aromatic heterocycles. The predicted octanol–water partition coefficient (Wildman–Crippen LogP) is 4.15. The lowest BCUT2D eigenvalue weighted by Crippen LogP contribution is -2.33. The zero-order chi connectivity index (χ0) is 20.2. The van der Waals surface area contributed by atoms with E-state index >= 15 is 0 Å². The van der Waals surface area contributed by atoms with Gasteiger partial charge in [0.05, 0.1) is 6.61 Å². The number of para-hydroxylation sites is 1. The first kappa shape index (κ1) is 19.2. The molecule has 29 heavy (non-hydrogen) atoms. The summed E-state index contributed by atoms with van der Waals surface area (Å²) in [6.45, 7) is 2.61. The van der Waals surface area contributed by atoms with Crippen LogP contribution in [0.2, 0.25) is 0 Å². The first-order chi connectivity index (χ1) is 14.2. The number of esters is 1. The van der Waals surface area contributed by atoms with E-state index < -0.39 is 12.1 Å². The Balaban J connectivity index is 1.64. The van der Waals surface area contributed by atoms with Crippen LogP contribution < -0.4 is 5.32 Å². The van der Waals surface area contributed by atoms with Gasteiger partial charge in [0.25, 0.3) is 5.91 Å². The number of hydrogen-bond donors (Lipinski definition) is 1. The van der Waals surface area contributed by atoms with Crippen LogP contribution in [0.4, 0.5) is 0 Å². The molecule has 6 nitrogen and oxygen atoms in total. The molecule has 1 atom stereocenters. The lowest BCUT2D eigenvalue weighted by atomic mass is 10.1. The Labute approximate surface area is 168 Å². The Hall–Kier alpha value is -3.12. The van der Waals surface area contributed by atoms with E-state index in [2.05, 4.69) is 5.32 Å². The smallest absolute Gasteiger partial charge is 0.375 e. The number of hydrogen-bond acceptors (Lipinski definition) is 5. The molecule has 1 aliphatic rings. The average Bonchev–Trinajstić information content (AvgIpc) is 3.48. The lowest BCUT2D eigenvalue weighted by molar-refractivity contribution is -0.130. The summed E-state index contributed by atoms with van der Waals surface area (Å²) in [5.41, 5.74) is 1.82. The van der Waals surface area contributed by atoms with Crippen molar-refractivity contribution < 1.29 is 23.5 Å². The number of furan rings is 1. The Morgan fingerprint density at radius 3 is 2.55 bits per heavy atom. The van der Waals surface area contributed by atoms with Gasteiger partial charge in [-0.25, -0.2) is 4.79 Å². The van der Waals surface area contributed by atoms with Crippen LogP contribution in [0.25, 0.3) is 11.0 Å². The Morgan fingerprint density at radius 1 is 1.10 bits per heavy atom. The standard InChI is InChI=1S/C23H23NO5/c1-2-27-14-18-17-10-6-7-11-19(17)28-21(18)23(26)29-20(15-8-4-3-5-9-15)22(25)24-16-12-13-16/h3-11,16,20H,2,12-14H2,1H3,(H,24,25)/t20-/m1/s1. The molecule has 1 saturated carbocycles. The molecule has 0 spiro atoms. The molecule has 0 aliphatic heterocycles. The maximum Gasteiger partial charge on any atom is 0.375 e. The van der Waals surface area contributed by atoms with E-state index in [4.69, 9.17) is 13.9 Å². The summed E-state index contributed by atoms with van der Waals surface area (Å²) in [6, 6.07) is 16.5. The number of ether oxygens (including phenoxy) is 2. The highest BCUT2D eigenvalue weighted by Crippen LogP contribution is 2.30. The minimum Gasteiger partial charge on any atom is -0.449 e. The van der Waals surface area contributed by atoms with Crippen molar-refractivity contribution in [3.05, 3.63) is 71.5 Å². The van der Waals surface area contributed by atoms with Gasteiger partial charge in [-0.2, -0.15) is 0 Å². The van der Waals surface area contributed by atoms with E-state index in [9.17, 15) is 9.59 Å². The molecule has 0 radical (unpaired) electrons. The van der Waals surface area contributed by atoms with Crippen molar-refractivity contribution in [1.82, 2.24) is 5.32 Å². The van der Waals surface area contributed by atoms with Crippen LogP contribution in [0.5, 0.6) is 0 Å². The SMILES string of the molecule is CCOCc1c(C(=O)O[C@@H](C(=O)NC2CC2)c2ccccc2)oc2ccccc12. The van der Waals surface area contributed by atoms with Crippen LogP contribution in [0.15, 0.2) is 59.0 Å². The summed E-state index contributed by atoms with van der Waals surface area (Å²) in [7, 11) is 0. The first-order valence-electron chi connectivity index (χ1n) is 9.81. The van der Waals surface area contributed by atoms with Gasteiger partial charge in [0, 0.05) is 29.2 Å². The van der Waals surface area contributed by atoms with Crippen LogP contribution in [0, 0.1) is 0 Å². The van der Waals surface area contributed by atoms with E-state index in [1.165, 1.54) is 0 Å². The quantitative estimate of drug-likeness (QED) is 0.582. The molecule has 150 valence electrons. The van der Waals surface area contributed by atoms with E-state index in [0.29, 0.717) is 23.3 Å². The highest BCUT2D eigenvalue weighted by Gasteiger charge is 2.32. The fraction of sp³-hybridized carbons (Fsp3) is 0.304. The van der Waals surface area contributed by atoms with Gasteiger partial charge in [-0.05, 0) is 25.8 Å². The molecule has 1 amide bonds. The zero-order valence-electron chi connectivity index (χ0n) is 16.2. The van der Waals surface area contributed by atoms with Crippen LogP contribution in [0.1, 0.15) is 47.6 Å². The van der Waals surface area contributed by atoms with Gasteiger partial charge < -0.3 is 19.2 Å². The molecular formula is C23H23NO5. The molecule has 0 bridgehead atoms. The van der Waals surface area contributed by atoms with Gasteiger partial charge in [0.15, 0.2) is 0 Å². The molecule has 0 saturated heterocycles. The third-order valence-electron chi connectivity index (χ3n) is 4.82. The fourth-order valence-electron chi connectivity index (χ4n) is 3.18. The number of amides is 1. The average molecular weight is 393 g/mol. The molecule has 0 unspecified atom stereocenters. The van der Waals surface area contributed by atoms with E-state index in [1.807, 2.05) is 43.3 Å². The Kier molecular flexibility index (Phi) is 5.62. The fourth-order valence-corrected chi connectivity index (χ4v) is 3.18. The third kappa shape index (κ3) is 4.32. The zero-order valence-corrected chi connectivity index (χ0v) is 16.2. The second-order valence-corrected chi connectivity index (χ2v) is 7.02. The molecule has 4 rings (SSSR count). The topological polar surface area (TPSA) is 77.8 Å². The minimum atomic E-state index is -1.04. The summed E-state index contributed by atoms with van der Waals surface area (Å²) in [5.74, 6) is -0.940. The van der Waals surface area contributed by atoms with Gasteiger partial charge >= 0.3 is 5.97 Å². The van der Waals surface area contributed by atoms with E-state index in [1.54, 1.807) is 18.2 Å². The van der Waals surface area contributed by atoms with Gasteiger partial charge in [-0.1, -0.05) is 48.5 Å². The normalized spacial score (nSPS) is 14.5. The minimum absolute atomic E-state index is 0.0693. The van der Waals surface area contributed by atoms with Gasteiger partial charge in [0.1, 0.15) is 5.58 Å². The Bertz CT molecular complexity index is 1010. The molecule has 3 aromatic rings. The van der Waals surface area contributed by atoms with Gasteiger partial charge in [-0.3, -0.25) is 4.79 Å². The first-order valence-corrected chi connectivity index (χ1v) is 9.81. The lowest BCUT2D eigenvalue weighted by Gasteiger charge is -2.17. The second kappa shape index (κ2) is 8.49. The Morgan fingerprint density at radius 2 is 1.83 bits per heavy atom. The molecule has 1 N–H and O–H groups in total. The van der Waals surface area contributed by atoms with Crippen molar-refractivity contribution in [2.45, 2.75) is 38.5 Å². The predicted molar refractivity (Wildman–Crippen MR) is 107 cm³/mol. The van der Waals surface area contributed by atoms with Crippen molar-refractivity contribution in [3.8, 4) is 0 Å². The number of carbonyl (C=O) groups excluding carboxylic acids is 2. The maximum atomic E-state index is 13.0. The third-order valence-corrected chi connectivity index (χ3v) is 4.82. The molecular weight excluding hydrogens is 370 g/mol. The highest BCUT2D eigenvalue weighted by molar-refractivity contribution is 5.97. The monoisotopic (exact) mass is 393 g/mol. The van der Waals surface area contributed by atoms with Crippen molar-refractivity contribution in [1.29, 1.82) is 0 Å². The second-order valence-electron chi connectivity index (χ2n) is 7.02. The van der Waals surface area contributed by atoms with Crippen molar-refractivity contribution in [2.75, 3.05) is 6.61 Å². The molecule has 1 fully saturated rings. The summed E-state index contributed by atoms with van der Waals surface area (Å²) >= 11 is 0. The van der Waals surface area contributed by atoms with Crippen LogP contribution >= 0.6 is 0 Å². The molecule has 2 aromatic carbocycles. The van der Waals surface area contributed by atoms with Crippen molar-refractivity contribution >= 4 is 22.8 Å². The van der Waals surface area contributed by atoms with Crippen LogP contribution in [-0.2, 0) is 20.9 Å². The number of rotatable bonds is 8. The molecule has 1 heterocycles. The summed E-state index contributed by atoms with van der Waals surface area (Å²) < 4.78 is 17.0. The number of carbonyl (C=O) groups is 2. The van der Waals surface area contributed by atoms with Gasteiger partial charge in [0.2, 0.25) is 11.9 Å². The largest absolute Gasteiger partial charge is 0.449 e. The van der Waals surface area contributed by atoms with Crippen molar-refractivity contribution in [2.24, 2.45) is 0 Å². The number of fused-ring (bicyclic) bond motifs is 1. The van der Waals surface area contributed by atoms with Gasteiger partial charge in [-0.15, -0.1) is 0 Å². The van der Waals surface area contributed by atoms with E-state index in [0.717, 1.165) is 18.2 Å². The summed E-state index contributed by atoms with van der Waals surface area (Å²) in [6.07, 6.45) is 0.851. The molecule has 1 aliphatic carbocycles. The van der Waals surface area contributed by atoms with Crippen LogP contribution in [0.3, 0.4) is 0 Å². The summed E-state index contributed by atoms with van der Waals surface area (Å²) in [5, 5.41) is 3.71. The van der Waals surface area contributed by atoms with E-state index in [-0.39, 0.29) is 24.3 Å².